The van der Waals surface area contributed by atoms with Crippen molar-refractivity contribution in [3.05, 3.63) is 199 Å². The molecular formula is C51H32N4OS. The SMILES string of the molecule is c1ccc(C2=NC(c3ccc4c(c3)sc3cccc(-c5ccc6c(c5)oc5ccc(-n7c8ccccc8c8ccccc87)cc56)c34)=NC(c3ccccc3)N2)cc1. The van der Waals surface area contributed by atoms with Crippen LogP contribution in [0.4, 0.5) is 0 Å². The fourth-order valence-electron chi connectivity index (χ4n) is 8.61. The van der Waals surface area contributed by atoms with Gasteiger partial charge >= 0.3 is 0 Å². The summed E-state index contributed by atoms with van der Waals surface area (Å²) in [5.74, 6) is 1.54. The number of hydrogen-bond acceptors (Lipinski definition) is 5. The first-order chi connectivity index (χ1) is 28.2. The Morgan fingerprint density at radius 3 is 2.04 bits per heavy atom. The third-order valence-electron chi connectivity index (χ3n) is 11.3. The van der Waals surface area contributed by atoms with E-state index < -0.39 is 0 Å². The molecule has 0 saturated carbocycles. The fraction of sp³-hybridized carbons (Fsp3) is 0.0196. The Morgan fingerprint density at radius 1 is 0.509 bits per heavy atom. The summed E-state index contributed by atoms with van der Waals surface area (Å²) < 4.78 is 11.4. The van der Waals surface area contributed by atoms with Gasteiger partial charge in [-0.25, -0.2) is 9.98 Å². The van der Waals surface area contributed by atoms with E-state index in [1.807, 2.05) is 35.6 Å². The van der Waals surface area contributed by atoms with Crippen molar-refractivity contribution in [3.63, 3.8) is 0 Å². The summed E-state index contributed by atoms with van der Waals surface area (Å²) in [6.45, 7) is 0. The maximum Gasteiger partial charge on any atom is 0.159 e. The van der Waals surface area contributed by atoms with Gasteiger partial charge < -0.3 is 14.3 Å². The van der Waals surface area contributed by atoms with Crippen molar-refractivity contribution in [3.8, 4) is 16.8 Å². The van der Waals surface area contributed by atoms with Gasteiger partial charge in [-0.05, 0) is 71.3 Å². The van der Waals surface area contributed by atoms with Crippen LogP contribution < -0.4 is 5.32 Å². The van der Waals surface area contributed by atoms with Gasteiger partial charge in [0.25, 0.3) is 0 Å². The molecule has 1 aliphatic rings. The van der Waals surface area contributed by atoms with E-state index in [-0.39, 0.29) is 6.17 Å². The number of nitrogens with zero attached hydrogens (tertiary/aromatic N) is 3. The lowest BCUT2D eigenvalue weighted by molar-refractivity contribution is 0.669. The van der Waals surface area contributed by atoms with Crippen molar-refractivity contribution >= 4 is 86.9 Å². The molecule has 4 heterocycles. The molecule has 1 atom stereocenters. The Morgan fingerprint density at radius 2 is 1.23 bits per heavy atom. The van der Waals surface area contributed by atoms with E-state index in [1.54, 1.807) is 0 Å². The van der Waals surface area contributed by atoms with Crippen molar-refractivity contribution in [1.82, 2.24) is 9.88 Å². The summed E-state index contributed by atoms with van der Waals surface area (Å²) in [6.07, 6.45) is -0.243. The highest BCUT2D eigenvalue weighted by molar-refractivity contribution is 7.26. The second kappa shape index (κ2) is 12.6. The molecule has 1 unspecified atom stereocenters. The summed E-state index contributed by atoms with van der Waals surface area (Å²) in [7, 11) is 0. The second-order valence-corrected chi connectivity index (χ2v) is 15.7. The molecule has 1 aliphatic heterocycles. The minimum Gasteiger partial charge on any atom is -0.456 e. The van der Waals surface area contributed by atoms with Crippen LogP contribution in [0.3, 0.4) is 0 Å². The number of rotatable bonds is 5. The molecule has 57 heavy (non-hydrogen) atoms. The number of aromatic nitrogens is 1. The van der Waals surface area contributed by atoms with Crippen LogP contribution >= 0.6 is 11.3 Å². The predicted molar refractivity (Wildman–Crippen MR) is 238 cm³/mol. The number of thiophene rings is 1. The van der Waals surface area contributed by atoms with E-state index in [2.05, 4.69) is 168 Å². The first-order valence-electron chi connectivity index (χ1n) is 19.2. The third-order valence-corrected chi connectivity index (χ3v) is 12.4. The molecule has 8 aromatic carbocycles. The number of amidine groups is 2. The highest BCUT2D eigenvalue weighted by Gasteiger charge is 2.22. The molecule has 11 aromatic rings. The molecule has 0 amide bonds. The minimum atomic E-state index is -0.243. The molecule has 0 fully saturated rings. The van der Waals surface area contributed by atoms with Gasteiger partial charge in [-0.1, -0.05) is 127 Å². The third kappa shape index (κ3) is 5.15. The van der Waals surface area contributed by atoms with Crippen molar-refractivity contribution in [2.24, 2.45) is 9.98 Å². The van der Waals surface area contributed by atoms with Gasteiger partial charge in [0.15, 0.2) is 5.84 Å². The van der Waals surface area contributed by atoms with Crippen molar-refractivity contribution in [1.29, 1.82) is 0 Å². The van der Waals surface area contributed by atoms with Crippen molar-refractivity contribution in [2.75, 3.05) is 0 Å². The Hall–Kier alpha value is -7.28. The number of furan rings is 1. The van der Waals surface area contributed by atoms with Gasteiger partial charge in [0.2, 0.25) is 0 Å². The Kier molecular flexibility index (Phi) is 7.09. The molecule has 1 N–H and O–H groups in total. The average molecular weight is 749 g/mol. The largest absolute Gasteiger partial charge is 0.456 e. The lowest BCUT2D eigenvalue weighted by Crippen LogP contribution is -2.33. The van der Waals surface area contributed by atoms with Crippen molar-refractivity contribution in [2.45, 2.75) is 6.17 Å². The van der Waals surface area contributed by atoms with Crippen LogP contribution in [0.1, 0.15) is 22.9 Å². The molecule has 0 spiro atoms. The lowest BCUT2D eigenvalue weighted by atomic mass is 9.98. The minimum absolute atomic E-state index is 0.243. The van der Waals surface area contributed by atoms with E-state index in [0.717, 1.165) is 61.6 Å². The summed E-state index contributed by atoms with van der Waals surface area (Å²) in [6, 6.07) is 64.4. The maximum absolute atomic E-state index is 6.57. The zero-order valence-electron chi connectivity index (χ0n) is 30.6. The quantitative estimate of drug-likeness (QED) is 0.191. The topological polar surface area (TPSA) is 54.8 Å². The second-order valence-electron chi connectivity index (χ2n) is 14.6. The van der Waals surface area contributed by atoms with Crippen LogP contribution in [0.2, 0.25) is 0 Å². The molecule has 3 aromatic heterocycles. The molecule has 5 nitrogen and oxygen atoms in total. The van der Waals surface area contributed by atoms with Gasteiger partial charge in [0.1, 0.15) is 23.2 Å². The zero-order chi connectivity index (χ0) is 37.5. The van der Waals surface area contributed by atoms with Crippen LogP contribution in [-0.4, -0.2) is 16.2 Å². The van der Waals surface area contributed by atoms with Crippen molar-refractivity contribution < 1.29 is 4.42 Å². The van der Waals surface area contributed by atoms with Gasteiger partial charge in [0.05, 0.1) is 11.0 Å². The Balaban J connectivity index is 0.949. The number of para-hydroxylation sites is 2. The number of fused-ring (bicyclic) bond motifs is 9. The monoisotopic (exact) mass is 748 g/mol. The molecule has 0 aliphatic carbocycles. The molecule has 0 radical (unpaired) electrons. The van der Waals surface area contributed by atoms with Crippen LogP contribution in [0.25, 0.3) is 80.7 Å². The first-order valence-corrected chi connectivity index (χ1v) is 20.0. The normalized spacial score (nSPS) is 14.5. The maximum atomic E-state index is 6.57. The number of aliphatic imine (C=N–C) groups is 2. The van der Waals surface area contributed by atoms with Crippen LogP contribution in [0.15, 0.2) is 196 Å². The first kappa shape index (κ1) is 32.0. The van der Waals surface area contributed by atoms with E-state index in [9.17, 15) is 0 Å². The van der Waals surface area contributed by atoms with E-state index in [4.69, 9.17) is 14.4 Å². The summed E-state index contributed by atoms with van der Waals surface area (Å²) >= 11 is 1.81. The van der Waals surface area contributed by atoms with Gasteiger partial charge in [0, 0.05) is 58.5 Å². The zero-order valence-corrected chi connectivity index (χ0v) is 31.4. The number of hydrogen-bond donors (Lipinski definition) is 1. The smallest absolute Gasteiger partial charge is 0.159 e. The molecule has 12 rings (SSSR count). The number of benzene rings is 8. The molecular weight excluding hydrogens is 717 g/mol. The highest BCUT2D eigenvalue weighted by atomic mass is 32.1. The summed E-state index contributed by atoms with van der Waals surface area (Å²) in [5, 5.41) is 10.8. The summed E-state index contributed by atoms with van der Waals surface area (Å²) in [5.41, 5.74) is 10.7. The van der Waals surface area contributed by atoms with Gasteiger partial charge in [-0.15, -0.1) is 11.3 Å². The van der Waals surface area contributed by atoms with Gasteiger partial charge in [-0.2, -0.15) is 0 Å². The van der Waals surface area contributed by atoms with E-state index >= 15 is 0 Å². The predicted octanol–water partition coefficient (Wildman–Crippen LogP) is 13.2. The average Bonchev–Trinajstić information content (AvgIpc) is 3.95. The molecule has 6 heteroatoms. The fourth-order valence-corrected chi connectivity index (χ4v) is 9.78. The Labute approximate surface area is 331 Å². The molecule has 268 valence electrons. The standard InChI is InChI=1S/C51H32N4OS/c1-3-12-31(13-4-1)49-52-50(32-14-5-2-6-15-32)54-51(53-49)34-23-26-40-47(29-34)57-46-21-11-18-36(48(40)46)33-22-25-39-41-30-35(24-27-44(41)56-45(39)28-33)55-42-19-9-7-16-37(42)38-17-8-10-20-43(38)55/h1-30,49H,(H,52,53,54). The summed E-state index contributed by atoms with van der Waals surface area (Å²) in [4.78, 5) is 10.2. The molecule has 0 bridgehead atoms. The van der Waals surface area contributed by atoms with E-state index in [1.165, 1.54) is 47.5 Å². The van der Waals surface area contributed by atoms with Crippen LogP contribution in [-0.2, 0) is 0 Å². The Bertz CT molecular complexity index is 3390. The van der Waals surface area contributed by atoms with E-state index in [0.29, 0.717) is 0 Å². The molecule has 0 saturated heterocycles. The van der Waals surface area contributed by atoms with Gasteiger partial charge in [-0.3, -0.25) is 0 Å². The highest BCUT2D eigenvalue weighted by Crippen LogP contribution is 2.42. The van der Waals surface area contributed by atoms with Crippen LogP contribution in [0.5, 0.6) is 0 Å². The number of nitrogens with one attached hydrogen (secondary N) is 1. The lowest BCUT2D eigenvalue weighted by Gasteiger charge is -2.23. The van der Waals surface area contributed by atoms with Crippen LogP contribution in [0, 0.1) is 0 Å².